The Hall–Kier alpha value is -2.64. The van der Waals surface area contributed by atoms with Gasteiger partial charge in [0.2, 0.25) is 12.7 Å². The van der Waals surface area contributed by atoms with Crippen LogP contribution in [0.1, 0.15) is 39.8 Å². The average Bonchev–Trinajstić information content (AvgIpc) is 3.21. The van der Waals surface area contributed by atoms with E-state index in [2.05, 4.69) is 38.3 Å². The third kappa shape index (κ3) is 6.02. The molecule has 0 bridgehead atoms. The number of carbonyl (C=O) groups excluding carboxylic acids is 2. The highest BCUT2D eigenvalue weighted by molar-refractivity contribution is 5.75. The number of hydrogen-bond donors (Lipinski definition) is 2. The van der Waals surface area contributed by atoms with Crippen molar-refractivity contribution in [3.8, 4) is 0 Å². The lowest BCUT2D eigenvalue weighted by atomic mass is 10.4. The van der Waals surface area contributed by atoms with E-state index in [4.69, 9.17) is 0 Å². The first-order valence-corrected chi connectivity index (χ1v) is 9.01. The molecular weight excluding hydrogens is 332 g/mol. The fourth-order valence-corrected chi connectivity index (χ4v) is 2.47. The van der Waals surface area contributed by atoms with Crippen LogP contribution in [0.5, 0.6) is 0 Å². The van der Waals surface area contributed by atoms with Crippen molar-refractivity contribution in [2.75, 3.05) is 13.1 Å². The molecule has 0 saturated carbocycles. The fourth-order valence-electron chi connectivity index (χ4n) is 2.47. The molecule has 2 aromatic heterocycles. The Morgan fingerprint density at radius 2 is 1.19 bits per heavy atom. The van der Waals surface area contributed by atoms with Crippen LogP contribution < -0.4 is 19.8 Å². The average molecular weight is 362 g/mol. The van der Waals surface area contributed by atoms with Gasteiger partial charge in [0.25, 0.3) is 11.8 Å². The Bertz CT molecular complexity index is 669. The molecule has 0 aliphatic carbocycles. The van der Waals surface area contributed by atoms with Crippen LogP contribution in [-0.2, 0) is 22.7 Å². The second-order valence-corrected chi connectivity index (χ2v) is 6.95. The normalized spacial score (nSPS) is 11.2. The number of nitrogens with zero attached hydrogens (tertiary/aromatic N) is 4. The first kappa shape index (κ1) is 19.7. The summed E-state index contributed by atoms with van der Waals surface area (Å²) in [7, 11) is 0. The number of carbonyl (C=O) groups is 2. The van der Waals surface area contributed by atoms with E-state index in [0.717, 1.165) is 0 Å². The molecule has 0 saturated heterocycles. The van der Waals surface area contributed by atoms with Crippen molar-refractivity contribution < 1.29 is 18.7 Å². The highest BCUT2D eigenvalue weighted by Crippen LogP contribution is 2.00. The van der Waals surface area contributed by atoms with Gasteiger partial charge < -0.3 is 10.6 Å². The van der Waals surface area contributed by atoms with Crippen LogP contribution in [0.4, 0.5) is 0 Å². The van der Waals surface area contributed by atoms with Crippen LogP contribution in [0.3, 0.4) is 0 Å². The lowest BCUT2D eigenvalue weighted by Crippen LogP contribution is -2.45. The minimum absolute atomic E-state index is 0.0749. The maximum absolute atomic E-state index is 11.9. The Labute approximate surface area is 154 Å². The van der Waals surface area contributed by atoms with Crippen molar-refractivity contribution in [3.05, 3.63) is 37.4 Å². The van der Waals surface area contributed by atoms with Crippen LogP contribution in [0.2, 0.25) is 0 Å². The number of amides is 2. The molecule has 0 unspecified atom stereocenters. The van der Waals surface area contributed by atoms with E-state index in [-0.39, 0.29) is 24.9 Å². The van der Waals surface area contributed by atoms with Gasteiger partial charge in [-0.05, 0) is 27.7 Å². The summed E-state index contributed by atoms with van der Waals surface area (Å²) in [5.41, 5.74) is 0. The summed E-state index contributed by atoms with van der Waals surface area (Å²) < 4.78 is 7.75. The number of aromatic nitrogens is 4. The lowest BCUT2D eigenvalue weighted by molar-refractivity contribution is -0.684. The van der Waals surface area contributed by atoms with Crippen molar-refractivity contribution in [1.82, 2.24) is 19.8 Å². The van der Waals surface area contributed by atoms with Crippen LogP contribution >= 0.6 is 0 Å². The molecule has 0 aliphatic rings. The van der Waals surface area contributed by atoms with Gasteiger partial charge in [0.05, 0.1) is 12.1 Å². The van der Waals surface area contributed by atoms with Gasteiger partial charge in [0.1, 0.15) is 24.8 Å². The Morgan fingerprint density at radius 3 is 1.50 bits per heavy atom. The second-order valence-electron chi connectivity index (χ2n) is 6.95. The summed E-state index contributed by atoms with van der Waals surface area (Å²) >= 11 is 0. The Kier molecular flexibility index (Phi) is 6.94. The molecule has 0 atom stereocenters. The molecule has 2 N–H and O–H groups in total. The predicted octanol–water partition coefficient (Wildman–Crippen LogP) is -0.0410. The molecule has 8 heteroatoms. The molecule has 2 aromatic rings. The number of hydrogen-bond acceptors (Lipinski definition) is 2. The maximum Gasteiger partial charge on any atom is 0.262 e. The van der Waals surface area contributed by atoms with Crippen LogP contribution in [0, 0.1) is 0 Å². The number of nitrogens with one attached hydrogen (secondary N) is 2. The Balaban J connectivity index is 1.64. The molecular formula is C18H30N6O2+2. The summed E-state index contributed by atoms with van der Waals surface area (Å²) in [4.78, 5) is 23.9. The van der Waals surface area contributed by atoms with Crippen molar-refractivity contribution in [1.29, 1.82) is 0 Å². The SMILES string of the molecule is CC(C)n1cc[n+](CC(=O)NCCNC(=O)C[n+]2ccn(C(C)C)c2)c1. The van der Waals surface area contributed by atoms with Gasteiger partial charge in [-0.3, -0.25) is 9.59 Å². The molecule has 142 valence electrons. The zero-order valence-corrected chi connectivity index (χ0v) is 16.1. The maximum atomic E-state index is 11.9. The first-order valence-electron chi connectivity index (χ1n) is 9.01. The van der Waals surface area contributed by atoms with E-state index in [1.807, 2.05) is 55.7 Å². The smallest absolute Gasteiger partial charge is 0.262 e. The van der Waals surface area contributed by atoms with Crippen LogP contribution in [0.15, 0.2) is 37.4 Å². The molecule has 2 rings (SSSR count). The highest BCUT2D eigenvalue weighted by atomic mass is 16.2. The standard InChI is InChI=1S/C18H28N6O2/c1-15(2)23-9-7-21(13-23)11-17(25)19-5-6-20-18(26)12-22-8-10-24(14-22)16(3)4/h7-10,13-16H,5-6,11-12H2,1-4H3/p+2. The van der Waals surface area contributed by atoms with Crippen molar-refractivity contribution in [3.63, 3.8) is 0 Å². The number of imidazole rings is 2. The Morgan fingerprint density at radius 1 is 0.808 bits per heavy atom. The van der Waals surface area contributed by atoms with Gasteiger partial charge in [0, 0.05) is 13.1 Å². The summed E-state index contributed by atoms with van der Waals surface area (Å²) in [5, 5.41) is 5.63. The van der Waals surface area contributed by atoms with E-state index in [9.17, 15) is 9.59 Å². The van der Waals surface area contributed by atoms with E-state index < -0.39 is 0 Å². The monoisotopic (exact) mass is 362 g/mol. The first-order chi connectivity index (χ1) is 12.3. The van der Waals surface area contributed by atoms with E-state index >= 15 is 0 Å². The highest BCUT2D eigenvalue weighted by Gasteiger charge is 2.12. The van der Waals surface area contributed by atoms with Crippen LogP contribution in [0.25, 0.3) is 0 Å². The molecule has 0 radical (unpaired) electrons. The van der Waals surface area contributed by atoms with Gasteiger partial charge >= 0.3 is 0 Å². The van der Waals surface area contributed by atoms with Gasteiger partial charge in [0.15, 0.2) is 13.1 Å². The summed E-state index contributed by atoms with van der Waals surface area (Å²) in [6.45, 7) is 9.71. The van der Waals surface area contributed by atoms with Crippen molar-refractivity contribution in [2.24, 2.45) is 0 Å². The van der Waals surface area contributed by atoms with Gasteiger partial charge in [-0.25, -0.2) is 18.3 Å². The molecule has 2 amide bonds. The van der Waals surface area contributed by atoms with E-state index in [0.29, 0.717) is 25.2 Å². The molecule has 0 aliphatic heterocycles. The number of rotatable bonds is 9. The third-order valence-electron chi connectivity index (χ3n) is 4.04. The van der Waals surface area contributed by atoms with E-state index in [1.54, 1.807) is 0 Å². The molecule has 8 nitrogen and oxygen atoms in total. The zero-order valence-electron chi connectivity index (χ0n) is 16.1. The molecule has 0 spiro atoms. The third-order valence-corrected chi connectivity index (χ3v) is 4.04. The minimum Gasteiger partial charge on any atom is -0.351 e. The minimum atomic E-state index is -0.0749. The second kappa shape index (κ2) is 9.17. The van der Waals surface area contributed by atoms with E-state index in [1.165, 1.54) is 0 Å². The molecule has 0 aromatic carbocycles. The summed E-state index contributed by atoms with van der Waals surface area (Å²) in [6, 6.07) is 0.731. The van der Waals surface area contributed by atoms with Crippen molar-refractivity contribution in [2.45, 2.75) is 52.9 Å². The zero-order chi connectivity index (χ0) is 19.1. The summed E-state index contributed by atoms with van der Waals surface area (Å²) in [5.74, 6) is -0.150. The molecule has 2 heterocycles. The van der Waals surface area contributed by atoms with Gasteiger partial charge in [-0.2, -0.15) is 0 Å². The lowest BCUT2D eigenvalue weighted by Gasteiger charge is -2.05. The fraction of sp³-hybridized carbons (Fsp3) is 0.556. The van der Waals surface area contributed by atoms with Crippen molar-refractivity contribution >= 4 is 11.8 Å². The summed E-state index contributed by atoms with van der Waals surface area (Å²) in [6.07, 6.45) is 11.5. The topological polar surface area (TPSA) is 75.8 Å². The predicted molar refractivity (Wildman–Crippen MR) is 96.0 cm³/mol. The van der Waals surface area contributed by atoms with Crippen LogP contribution in [-0.4, -0.2) is 34.0 Å². The largest absolute Gasteiger partial charge is 0.351 e. The quantitative estimate of drug-likeness (QED) is 0.485. The molecule has 26 heavy (non-hydrogen) atoms. The van der Waals surface area contributed by atoms with Gasteiger partial charge in [-0.15, -0.1) is 0 Å². The molecule has 0 fully saturated rings. The van der Waals surface area contributed by atoms with Gasteiger partial charge in [-0.1, -0.05) is 0 Å².